The highest BCUT2D eigenvalue weighted by molar-refractivity contribution is 9.10. The van der Waals surface area contributed by atoms with Crippen molar-refractivity contribution in [2.45, 2.75) is 33.5 Å². The van der Waals surface area contributed by atoms with Gasteiger partial charge in [0.2, 0.25) is 0 Å². The molecular weight excluding hydrogens is 494 g/mol. The standard InChI is InChI=1S/C27H26BrN3O3/c1-4-31-23-8-5-18(13-21(23)22-14-19(28)6-9-24(22)31)15-34-27(32)20-7-10-25-26(17(20)2)29-16-30(25)11-12-33-3/h5-10,13-14,16H,4,11-12,15H2,1-3H3. The Morgan fingerprint density at radius 3 is 2.53 bits per heavy atom. The van der Waals surface area contributed by atoms with Crippen LogP contribution in [0.4, 0.5) is 0 Å². The van der Waals surface area contributed by atoms with Gasteiger partial charge >= 0.3 is 5.97 Å². The van der Waals surface area contributed by atoms with Gasteiger partial charge in [-0.1, -0.05) is 22.0 Å². The Hall–Kier alpha value is -3.16. The number of ether oxygens (including phenoxy) is 2. The third kappa shape index (κ3) is 3.89. The topological polar surface area (TPSA) is 58.3 Å². The van der Waals surface area contributed by atoms with Crippen molar-refractivity contribution in [3.05, 3.63) is 76.0 Å². The van der Waals surface area contributed by atoms with E-state index in [0.29, 0.717) is 18.7 Å². The summed E-state index contributed by atoms with van der Waals surface area (Å²) in [7, 11) is 1.68. The van der Waals surface area contributed by atoms with Crippen molar-refractivity contribution >= 4 is 54.7 Å². The van der Waals surface area contributed by atoms with Crippen LogP contribution in [0.1, 0.15) is 28.4 Å². The van der Waals surface area contributed by atoms with E-state index < -0.39 is 0 Å². The number of carbonyl (C=O) groups is 1. The predicted molar refractivity (Wildman–Crippen MR) is 138 cm³/mol. The lowest BCUT2D eigenvalue weighted by Gasteiger charge is -2.09. The van der Waals surface area contributed by atoms with E-state index in [4.69, 9.17) is 9.47 Å². The number of aromatic nitrogens is 3. The number of hydrogen-bond acceptors (Lipinski definition) is 4. The van der Waals surface area contributed by atoms with Crippen LogP contribution in [0.25, 0.3) is 32.8 Å². The minimum absolute atomic E-state index is 0.210. The van der Waals surface area contributed by atoms with Gasteiger partial charge < -0.3 is 18.6 Å². The molecule has 7 heteroatoms. The van der Waals surface area contributed by atoms with Gasteiger partial charge in [0, 0.05) is 46.5 Å². The monoisotopic (exact) mass is 519 g/mol. The molecule has 0 saturated carbocycles. The molecule has 2 heterocycles. The number of aryl methyl sites for hydroxylation is 2. The molecule has 5 rings (SSSR count). The van der Waals surface area contributed by atoms with Crippen molar-refractivity contribution in [3.63, 3.8) is 0 Å². The Balaban J connectivity index is 1.40. The van der Waals surface area contributed by atoms with Crippen molar-refractivity contribution in [2.75, 3.05) is 13.7 Å². The lowest BCUT2D eigenvalue weighted by molar-refractivity contribution is 0.0472. The summed E-state index contributed by atoms with van der Waals surface area (Å²) in [5.41, 5.74) is 6.49. The summed E-state index contributed by atoms with van der Waals surface area (Å²) >= 11 is 3.59. The van der Waals surface area contributed by atoms with Crippen molar-refractivity contribution in [1.29, 1.82) is 0 Å². The maximum Gasteiger partial charge on any atom is 0.338 e. The second kappa shape index (κ2) is 9.24. The first kappa shape index (κ1) is 22.6. The summed E-state index contributed by atoms with van der Waals surface area (Å²) in [5, 5.41) is 2.34. The highest BCUT2D eigenvalue weighted by Crippen LogP contribution is 2.32. The second-order valence-electron chi connectivity index (χ2n) is 8.37. The third-order valence-corrected chi connectivity index (χ3v) is 6.87. The molecule has 0 bridgehead atoms. The molecule has 0 aliphatic heterocycles. The number of methoxy groups -OCH3 is 1. The quantitative estimate of drug-likeness (QED) is 0.239. The van der Waals surface area contributed by atoms with Gasteiger partial charge in [-0.25, -0.2) is 9.78 Å². The number of fused-ring (bicyclic) bond motifs is 4. The summed E-state index contributed by atoms with van der Waals surface area (Å²) in [5.74, 6) is -0.343. The number of esters is 1. The van der Waals surface area contributed by atoms with E-state index in [0.717, 1.165) is 38.6 Å². The van der Waals surface area contributed by atoms with Crippen molar-refractivity contribution in [2.24, 2.45) is 0 Å². The number of halogens is 1. The van der Waals surface area contributed by atoms with Gasteiger partial charge in [0.15, 0.2) is 0 Å². The molecule has 0 aliphatic rings. The van der Waals surface area contributed by atoms with E-state index in [1.165, 1.54) is 16.4 Å². The highest BCUT2D eigenvalue weighted by Gasteiger charge is 2.17. The smallest absolute Gasteiger partial charge is 0.338 e. The Labute approximate surface area is 206 Å². The summed E-state index contributed by atoms with van der Waals surface area (Å²) in [6, 6.07) is 16.4. The molecule has 0 aliphatic carbocycles. The van der Waals surface area contributed by atoms with Gasteiger partial charge in [0.1, 0.15) is 6.61 Å². The Kier molecular flexibility index (Phi) is 6.15. The maximum atomic E-state index is 12.9. The Bertz CT molecular complexity index is 1530. The minimum Gasteiger partial charge on any atom is -0.457 e. The molecule has 0 radical (unpaired) electrons. The number of carbonyl (C=O) groups excluding carboxylic acids is 1. The van der Waals surface area contributed by atoms with Crippen LogP contribution >= 0.6 is 15.9 Å². The third-order valence-electron chi connectivity index (χ3n) is 6.38. The molecule has 0 fully saturated rings. The van der Waals surface area contributed by atoms with E-state index >= 15 is 0 Å². The number of hydrogen-bond donors (Lipinski definition) is 0. The average molecular weight is 520 g/mol. The van der Waals surface area contributed by atoms with E-state index in [9.17, 15) is 4.79 Å². The van der Waals surface area contributed by atoms with E-state index in [2.05, 4.69) is 62.7 Å². The number of rotatable bonds is 7. The van der Waals surface area contributed by atoms with Gasteiger partial charge in [-0.05, 0) is 67.4 Å². The number of benzene rings is 3. The van der Waals surface area contributed by atoms with E-state index in [-0.39, 0.29) is 12.6 Å². The second-order valence-corrected chi connectivity index (χ2v) is 9.29. The number of nitrogens with zero attached hydrogens (tertiary/aromatic N) is 3. The van der Waals surface area contributed by atoms with E-state index in [1.54, 1.807) is 13.4 Å². The largest absolute Gasteiger partial charge is 0.457 e. The van der Waals surface area contributed by atoms with Gasteiger partial charge in [-0.2, -0.15) is 0 Å². The van der Waals surface area contributed by atoms with Crippen LogP contribution in [-0.4, -0.2) is 33.8 Å². The van der Waals surface area contributed by atoms with Gasteiger partial charge in [0.05, 0.1) is 29.5 Å². The van der Waals surface area contributed by atoms with Crippen molar-refractivity contribution < 1.29 is 14.3 Å². The Morgan fingerprint density at radius 1 is 1.03 bits per heavy atom. The molecule has 6 nitrogen and oxygen atoms in total. The van der Waals surface area contributed by atoms with Crippen LogP contribution in [0.5, 0.6) is 0 Å². The van der Waals surface area contributed by atoms with Crippen LogP contribution in [0.2, 0.25) is 0 Å². The molecule has 174 valence electrons. The molecule has 0 saturated heterocycles. The first-order valence-electron chi connectivity index (χ1n) is 11.3. The van der Waals surface area contributed by atoms with Crippen LogP contribution in [0, 0.1) is 6.92 Å². The van der Waals surface area contributed by atoms with Gasteiger partial charge in [0.25, 0.3) is 0 Å². The summed E-state index contributed by atoms with van der Waals surface area (Å²) in [6.45, 7) is 6.48. The maximum absolute atomic E-state index is 12.9. The highest BCUT2D eigenvalue weighted by atomic mass is 79.9. The fourth-order valence-corrected chi connectivity index (χ4v) is 5.00. The lowest BCUT2D eigenvalue weighted by atomic mass is 10.1. The first-order valence-corrected chi connectivity index (χ1v) is 12.1. The molecule has 0 spiro atoms. The fraction of sp³-hybridized carbons (Fsp3) is 0.259. The first-order chi connectivity index (χ1) is 16.5. The normalized spacial score (nSPS) is 11.6. The summed E-state index contributed by atoms with van der Waals surface area (Å²) < 4.78 is 16.3. The van der Waals surface area contributed by atoms with Gasteiger partial charge in [-0.3, -0.25) is 0 Å². The lowest BCUT2D eigenvalue weighted by Crippen LogP contribution is -2.08. The molecular formula is C27H26BrN3O3. The van der Waals surface area contributed by atoms with Gasteiger partial charge in [-0.15, -0.1) is 0 Å². The zero-order valence-corrected chi connectivity index (χ0v) is 21.1. The average Bonchev–Trinajstić information content (AvgIpc) is 3.40. The fourth-order valence-electron chi connectivity index (χ4n) is 4.64. The zero-order chi connectivity index (χ0) is 23.8. The molecule has 2 aromatic heterocycles. The molecule has 5 aromatic rings. The van der Waals surface area contributed by atoms with E-state index in [1.807, 2.05) is 29.7 Å². The molecule has 34 heavy (non-hydrogen) atoms. The van der Waals surface area contributed by atoms with Crippen LogP contribution in [-0.2, 0) is 29.2 Å². The van der Waals surface area contributed by atoms with Crippen LogP contribution in [0.15, 0.2) is 59.3 Å². The predicted octanol–water partition coefficient (Wildman–Crippen LogP) is 6.24. The van der Waals surface area contributed by atoms with Crippen LogP contribution in [0.3, 0.4) is 0 Å². The Morgan fingerprint density at radius 2 is 1.76 bits per heavy atom. The molecule has 0 N–H and O–H groups in total. The number of imidazole rings is 1. The summed E-state index contributed by atoms with van der Waals surface area (Å²) in [6.07, 6.45) is 1.78. The molecule has 0 unspecified atom stereocenters. The van der Waals surface area contributed by atoms with Crippen LogP contribution < -0.4 is 0 Å². The SMILES string of the molecule is CCn1c2ccc(Br)cc2c2cc(COC(=O)c3ccc4c(ncn4CCOC)c3C)ccc21. The molecule has 3 aromatic carbocycles. The zero-order valence-electron chi connectivity index (χ0n) is 19.5. The molecule has 0 atom stereocenters. The van der Waals surface area contributed by atoms with Crippen molar-refractivity contribution in [1.82, 2.24) is 14.1 Å². The summed E-state index contributed by atoms with van der Waals surface area (Å²) in [4.78, 5) is 17.5. The molecule has 0 amide bonds. The minimum atomic E-state index is -0.343. The van der Waals surface area contributed by atoms with Crippen molar-refractivity contribution in [3.8, 4) is 0 Å².